The van der Waals surface area contributed by atoms with Gasteiger partial charge in [-0.3, -0.25) is 0 Å². The van der Waals surface area contributed by atoms with Gasteiger partial charge >= 0.3 is 0 Å². The smallest absolute Gasteiger partial charge is 0.160 e. The Kier molecular flexibility index (Phi) is 9.85. The van der Waals surface area contributed by atoms with E-state index in [-0.39, 0.29) is 5.82 Å². The second-order valence-electron chi connectivity index (χ2n) is 6.71. The molecule has 0 spiro atoms. The number of hydrogen-bond donors (Lipinski definition) is 1. The molecule has 6 heteroatoms. The Labute approximate surface area is 160 Å². The van der Waals surface area contributed by atoms with E-state index in [1.54, 1.807) is 14.2 Å². The summed E-state index contributed by atoms with van der Waals surface area (Å²) in [6.45, 7) is 7.83. The van der Waals surface area contributed by atoms with Crippen LogP contribution in [0.5, 0.6) is 11.5 Å². The quantitative estimate of drug-likeness (QED) is 0.816. The summed E-state index contributed by atoms with van der Waals surface area (Å²) in [6, 6.07) is 7.53. The van der Waals surface area contributed by atoms with Crippen molar-refractivity contribution in [3.05, 3.63) is 24.3 Å². The Morgan fingerprint density at radius 2 is 1.73 bits per heavy atom. The topological polar surface area (TPSA) is 47.6 Å². The molecule has 1 aliphatic heterocycles. The van der Waals surface area contributed by atoms with Crippen molar-refractivity contribution >= 4 is 20.3 Å². The number of carbonyl (C=O) groups excluding carboxylic acids is 1. The first kappa shape index (κ1) is 22.6. The number of Topliss-reactive ketones (excluding diaryl/α,β-unsaturated/α-hetero) is 1. The van der Waals surface area contributed by atoms with E-state index in [0.717, 1.165) is 24.5 Å². The number of methoxy groups -OCH3 is 2. The summed E-state index contributed by atoms with van der Waals surface area (Å²) >= 11 is 0. The molecular weight excluding hydrogens is 324 g/mol. The fourth-order valence-electron chi connectivity index (χ4n) is 3.94. The Bertz CT molecular complexity index is 533. The molecule has 4 atom stereocenters. The average molecular weight is 357 g/mol. The number of benzene rings is 1. The van der Waals surface area contributed by atoms with Crippen LogP contribution in [0, 0.1) is 5.92 Å². The van der Waals surface area contributed by atoms with E-state index in [4.69, 9.17) is 17.3 Å². The van der Waals surface area contributed by atoms with Crippen LogP contribution in [-0.4, -0.2) is 48.2 Å². The van der Waals surface area contributed by atoms with Gasteiger partial charge in [-0.25, -0.2) is 0 Å². The van der Waals surface area contributed by atoms with E-state index in [0.29, 0.717) is 30.0 Å². The fraction of sp³-hybridized carbons (Fsp3) is 0.650. The minimum Gasteiger partial charge on any atom is -0.493 e. The predicted molar refractivity (Wildman–Crippen MR) is 111 cm³/mol. The van der Waals surface area contributed by atoms with E-state index in [2.05, 4.69) is 12.1 Å². The van der Waals surface area contributed by atoms with E-state index < -0.39 is 0 Å². The summed E-state index contributed by atoms with van der Waals surface area (Å²) in [6.07, 6.45) is 2.08. The summed E-state index contributed by atoms with van der Waals surface area (Å²) < 4.78 is 10.0. The van der Waals surface area contributed by atoms with Gasteiger partial charge in [0.2, 0.25) is 0 Å². The summed E-state index contributed by atoms with van der Waals surface area (Å²) in [5, 5.41) is 3.17. The highest BCUT2D eigenvalue weighted by atomic mass is 16.5. The molecule has 26 heavy (non-hydrogen) atoms. The summed E-state index contributed by atoms with van der Waals surface area (Å²) in [5.41, 5.74) is 0. The SMILES string of the molecule is CC.COc1ccccc1OC.[B]C1CC(CCNC)C2B(C)C2C1=O. The van der Waals surface area contributed by atoms with E-state index >= 15 is 0 Å². The first-order chi connectivity index (χ1) is 12.5. The van der Waals surface area contributed by atoms with Crippen LogP contribution in [-0.2, 0) is 4.79 Å². The molecule has 2 radical (unpaired) electrons. The molecule has 2 fully saturated rings. The molecule has 1 N–H and O–H groups in total. The highest BCUT2D eigenvalue weighted by Crippen LogP contribution is 2.62. The van der Waals surface area contributed by atoms with Gasteiger partial charge < -0.3 is 19.6 Å². The van der Waals surface area contributed by atoms with E-state index in [9.17, 15) is 4.79 Å². The van der Waals surface area contributed by atoms with Crippen molar-refractivity contribution < 1.29 is 14.3 Å². The molecule has 1 heterocycles. The molecule has 3 rings (SSSR count). The predicted octanol–water partition coefficient (Wildman–Crippen LogP) is 3.75. The third-order valence-corrected chi connectivity index (χ3v) is 5.30. The van der Waals surface area contributed by atoms with Gasteiger partial charge in [-0.05, 0) is 56.1 Å². The highest BCUT2D eigenvalue weighted by Gasteiger charge is 2.60. The monoisotopic (exact) mass is 357 g/mol. The first-order valence-electron chi connectivity index (χ1n) is 9.66. The number of carbonyl (C=O) groups is 1. The van der Waals surface area contributed by atoms with Crippen LogP contribution in [0.4, 0.5) is 0 Å². The molecule has 4 nitrogen and oxygen atoms in total. The van der Waals surface area contributed by atoms with Crippen molar-refractivity contribution in [1.29, 1.82) is 0 Å². The number of ether oxygens (including phenoxy) is 2. The van der Waals surface area contributed by atoms with Crippen LogP contribution in [0.3, 0.4) is 0 Å². The van der Waals surface area contributed by atoms with E-state index in [1.165, 1.54) is 6.42 Å². The largest absolute Gasteiger partial charge is 0.493 e. The maximum Gasteiger partial charge on any atom is 0.160 e. The van der Waals surface area contributed by atoms with Gasteiger partial charge in [0.1, 0.15) is 5.78 Å². The van der Waals surface area contributed by atoms with Crippen LogP contribution in [0.15, 0.2) is 24.3 Å². The number of fused-ring (bicyclic) bond motifs is 1. The van der Waals surface area contributed by atoms with Gasteiger partial charge in [0.15, 0.2) is 18.2 Å². The van der Waals surface area contributed by atoms with Gasteiger partial charge in [-0.15, -0.1) is 0 Å². The zero-order chi connectivity index (χ0) is 19.7. The number of ketones is 1. The zero-order valence-electron chi connectivity index (χ0n) is 17.1. The van der Waals surface area contributed by atoms with Crippen molar-refractivity contribution in [2.24, 2.45) is 5.92 Å². The van der Waals surface area contributed by atoms with Crippen LogP contribution < -0.4 is 14.8 Å². The maximum absolute atomic E-state index is 11.7. The van der Waals surface area contributed by atoms with Crippen molar-refractivity contribution in [2.75, 3.05) is 27.8 Å². The lowest BCUT2D eigenvalue weighted by Crippen LogP contribution is -2.22. The second kappa shape index (κ2) is 11.3. The molecule has 0 bridgehead atoms. The van der Waals surface area contributed by atoms with Crippen LogP contribution in [0.2, 0.25) is 24.3 Å². The molecule has 1 saturated heterocycles. The number of hydrogen-bond acceptors (Lipinski definition) is 4. The fourth-order valence-corrected chi connectivity index (χ4v) is 3.94. The van der Waals surface area contributed by atoms with Crippen molar-refractivity contribution in [1.82, 2.24) is 5.32 Å². The van der Waals surface area contributed by atoms with Gasteiger partial charge in [-0.1, -0.05) is 38.6 Å². The molecule has 1 aromatic rings. The molecular formula is C20H33B2NO3. The van der Waals surface area contributed by atoms with Crippen LogP contribution >= 0.6 is 0 Å². The lowest BCUT2D eigenvalue weighted by atomic mass is 9.66. The normalized spacial score (nSPS) is 25.8. The Hall–Kier alpha value is -1.42. The lowest BCUT2D eigenvalue weighted by Gasteiger charge is -2.26. The second-order valence-corrected chi connectivity index (χ2v) is 6.71. The van der Waals surface area contributed by atoms with E-state index in [1.807, 2.05) is 45.2 Å². The molecule has 0 aromatic heterocycles. The summed E-state index contributed by atoms with van der Waals surface area (Å²) in [5.74, 6) is 3.31. The van der Waals surface area contributed by atoms with Crippen LogP contribution in [0.25, 0.3) is 0 Å². The molecule has 1 saturated carbocycles. The van der Waals surface area contributed by atoms with Gasteiger partial charge in [0.25, 0.3) is 0 Å². The molecule has 1 aromatic carbocycles. The number of para-hydroxylation sites is 2. The zero-order valence-corrected chi connectivity index (χ0v) is 17.1. The van der Waals surface area contributed by atoms with Gasteiger partial charge in [-0.2, -0.15) is 0 Å². The lowest BCUT2D eigenvalue weighted by molar-refractivity contribution is -0.119. The Morgan fingerprint density at radius 3 is 2.19 bits per heavy atom. The summed E-state index contributed by atoms with van der Waals surface area (Å²) in [4.78, 5) is 11.7. The standard InChI is InChI=1S/C10H17B2NO.C8H10O2.C2H6/c1-12-8-6(3-4-13-2)5-7(11)10(14)9(8)12;1-9-7-5-3-4-6-8(7)10-2;1-2/h6-9,13H,3-5H2,1-2H3;3-6H,1-2H3;1-2H3. The Morgan fingerprint density at radius 1 is 1.19 bits per heavy atom. The van der Waals surface area contributed by atoms with Crippen LogP contribution in [0.1, 0.15) is 26.7 Å². The number of rotatable bonds is 5. The first-order valence-corrected chi connectivity index (χ1v) is 9.66. The summed E-state index contributed by atoms with van der Waals surface area (Å²) in [7, 11) is 11.1. The van der Waals surface area contributed by atoms with Crippen molar-refractivity contribution in [2.45, 2.75) is 51.0 Å². The molecule has 2 aliphatic rings. The Balaban J connectivity index is 0.000000249. The van der Waals surface area contributed by atoms with Gasteiger partial charge in [0, 0.05) is 0 Å². The molecule has 4 unspecified atom stereocenters. The minimum absolute atomic E-state index is 0.178. The van der Waals surface area contributed by atoms with Crippen molar-refractivity contribution in [3.8, 4) is 11.5 Å². The minimum atomic E-state index is -0.178. The number of nitrogens with one attached hydrogen (secondary N) is 1. The third-order valence-electron chi connectivity index (χ3n) is 5.30. The average Bonchev–Trinajstić information content (AvgIpc) is 3.37. The highest BCUT2D eigenvalue weighted by molar-refractivity contribution is 6.78. The maximum atomic E-state index is 11.7. The molecule has 1 aliphatic carbocycles. The molecule has 0 amide bonds. The molecule has 142 valence electrons. The van der Waals surface area contributed by atoms with Gasteiger partial charge in [0.05, 0.1) is 22.1 Å². The third kappa shape index (κ3) is 5.54. The van der Waals surface area contributed by atoms with Crippen molar-refractivity contribution in [3.63, 3.8) is 0 Å².